The number of hydrogen-bond acceptors (Lipinski definition) is 2. The number of amides is 1. The van der Waals surface area contributed by atoms with E-state index >= 15 is 0 Å². The van der Waals surface area contributed by atoms with E-state index < -0.39 is 0 Å². The molecule has 1 atom stereocenters. The first-order valence-electron chi connectivity index (χ1n) is 7.86. The maximum Gasteiger partial charge on any atom is 0.253 e. The molecule has 1 amide bonds. The van der Waals surface area contributed by atoms with Crippen molar-refractivity contribution in [1.82, 2.24) is 10.2 Å². The maximum atomic E-state index is 12.8. The van der Waals surface area contributed by atoms with Gasteiger partial charge in [0.15, 0.2) is 0 Å². The normalized spacial score (nSPS) is 26.1. The van der Waals surface area contributed by atoms with Gasteiger partial charge in [0.1, 0.15) is 0 Å². The fourth-order valence-electron chi connectivity index (χ4n) is 3.72. The summed E-state index contributed by atoms with van der Waals surface area (Å²) in [6.45, 7) is 6.03. The lowest BCUT2D eigenvalue weighted by atomic mass is 9.74. The Kier molecular flexibility index (Phi) is 4.36. The van der Waals surface area contributed by atoms with E-state index in [9.17, 15) is 4.79 Å². The molecule has 3 nitrogen and oxygen atoms in total. The van der Waals surface area contributed by atoms with E-state index in [2.05, 4.69) is 26.1 Å². The molecule has 0 saturated carbocycles. The first-order valence-corrected chi connectivity index (χ1v) is 8.65. The lowest BCUT2D eigenvalue weighted by molar-refractivity contribution is 0.0434. The Morgan fingerprint density at radius 2 is 2.14 bits per heavy atom. The average molecular weight is 351 g/mol. The molecule has 2 heterocycles. The lowest BCUT2D eigenvalue weighted by Gasteiger charge is -2.45. The van der Waals surface area contributed by atoms with Gasteiger partial charge < -0.3 is 10.2 Å². The quantitative estimate of drug-likeness (QED) is 0.842. The molecule has 4 heteroatoms. The molecule has 1 spiro atoms. The Bertz CT molecular complexity index is 532. The number of rotatable bonds is 1. The number of halogens is 1. The molecule has 1 aromatic rings. The summed E-state index contributed by atoms with van der Waals surface area (Å²) >= 11 is 3.50. The molecule has 1 unspecified atom stereocenters. The van der Waals surface area contributed by atoms with E-state index in [0.717, 1.165) is 48.2 Å². The van der Waals surface area contributed by atoms with Crippen molar-refractivity contribution in [3.8, 4) is 0 Å². The van der Waals surface area contributed by atoms with Crippen molar-refractivity contribution in [1.29, 1.82) is 0 Å². The van der Waals surface area contributed by atoms with Gasteiger partial charge in [-0.15, -0.1) is 0 Å². The molecule has 0 aliphatic carbocycles. The number of carbonyl (C=O) groups is 1. The van der Waals surface area contributed by atoms with Gasteiger partial charge in [0.2, 0.25) is 0 Å². The van der Waals surface area contributed by atoms with Crippen molar-refractivity contribution in [2.24, 2.45) is 5.41 Å². The minimum atomic E-state index is 0.190. The molecule has 1 aromatic carbocycles. The van der Waals surface area contributed by atoms with Crippen LogP contribution in [0.4, 0.5) is 0 Å². The summed E-state index contributed by atoms with van der Waals surface area (Å²) in [4.78, 5) is 14.8. The molecular weight excluding hydrogens is 328 g/mol. The number of nitrogens with one attached hydrogen (secondary N) is 1. The molecule has 21 heavy (non-hydrogen) atoms. The van der Waals surface area contributed by atoms with Crippen LogP contribution in [0.2, 0.25) is 0 Å². The average Bonchev–Trinajstić information content (AvgIpc) is 2.50. The van der Waals surface area contributed by atoms with Gasteiger partial charge in [-0.2, -0.15) is 0 Å². The summed E-state index contributed by atoms with van der Waals surface area (Å²) in [5.41, 5.74) is 2.25. The first kappa shape index (κ1) is 15.0. The molecule has 2 aliphatic rings. The third kappa shape index (κ3) is 3.16. The zero-order valence-corrected chi connectivity index (χ0v) is 14.2. The van der Waals surface area contributed by atoms with Crippen LogP contribution in [0.25, 0.3) is 0 Å². The van der Waals surface area contributed by atoms with Gasteiger partial charge >= 0.3 is 0 Å². The zero-order chi connectivity index (χ0) is 14.9. The fourth-order valence-corrected chi connectivity index (χ4v) is 3.97. The second-order valence-corrected chi connectivity index (χ2v) is 7.43. The second-order valence-electron chi connectivity index (χ2n) is 6.57. The van der Waals surface area contributed by atoms with Crippen molar-refractivity contribution < 1.29 is 4.79 Å². The van der Waals surface area contributed by atoms with Crippen LogP contribution in [-0.4, -0.2) is 37.0 Å². The number of likely N-dealkylation sites (tertiary alicyclic amines) is 1. The van der Waals surface area contributed by atoms with Crippen LogP contribution < -0.4 is 5.32 Å². The van der Waals surface area contributed by atoms with Gasteiger partial charge in [0.25, 0.3) is 5.91 Å². The van der Waals surface area contributed by atoms with E-state index in [1.165, 1.54) is 19.3 Å². The molecule has 2 saturated heterocycles. The summed E-state index contributed by atoms with van der Waals surface area (Å²) in [7, 11) is 0. The number of nitrogens with zero attached hydrogens (tertiary/aromatic N) is 1. The molecule has 2 aliphatic heterocycles. The fraction of sp³-hybridized carbons (Fsp3) is 0.588. The predicted molar refractivity (Wildman–Crippen MR) is 88.6 cm³/mol. The highest BCUT2D eigenvalue weighted by Gasteiger charge is 2.38. The number of hydrogen-bond donors (Lipinski definition) is 1. The van der Waals surface area contributed by atoms with Crippen molar-refractivity contribution in [3.05, 3.63) is 33.8 Å². The van der Waals surface area contributed by atoms with Crippen LogP contribution in [-0.2, 0) is 0 Å². The summed E-state index contributed by atoms with van der Waals surface area (Å²) in [6.07, 6.45) is 4.87. The van der Waals surface area contributed by atoms with Gasteiger partial charge in [-0.05, 0) is 62.9 Å². The molecule has 3 rings (SSSR count). The molecule has 0 aromatic heterocycles. The highest BCUT2D eigenvalue weighted by molar-refractivity contribution is 9.10. The van der Waals surface area contributed by atoms with Crippen molar-refractivity contribution in [2.75, 3.05) is 26.2 Å². The minimum absolute atomic E-state index is 0.190. The van der Waals surface area contributed by atoms with Crippen LogP contribution in [0.1, 0.15) is 41.6 Å². The molecule has 0 bridgehead atoms. The van der Waals surface area contributed by atoms with Gasteiger partial charge in [-0.25, -0.2) is 0 Å². The SMILES string of the molecule is Cc1cc(C(=O)N2CCCC3(CCCNC3)C2)ccc1Br. The molecular formula is C17H23BrN2O. The van der Waals surface area contributed by atoms with Gasteiger partial charge in [0, 0.05) is 35.1 Å². The van der Waals surface area contributed by atoms with E-state index in [1.54, 1.807) is 0 Å². The van der Waals surface area contributed by atoms with E-state index in [1.807, 2.05) is 25.1 Å². The summed E-state index contributed by atoms with van der Waals surface area (Å²) < 4.78 is 1.06. The predicted octanol–water partition coefficient (Wildman–Crippen LogP) is 3.36. The Balaban J connectivity index is 1.76. The highest BCUT2D eigenvalue weighted by atomic mass is 79.9. The third-order valence-corrected chi connectivity index (χ3v) is 5.80. The van der Waals surface area contributed by atoms with Crippen molar-refractivity contribution in [2.45, 2.75) is 32.6 Å². The van der Waals surface area contributed by atoms with Gasteiger partial charge in [0.05, 0.1) is 0 Å². The lowest BCUT2D eigenvalue weighted by Crippen LogP contribution is -2.52. The van der Waals surface area contributed by atoms with Crippen molar-refractivity contribution in [3.63, 3.8) is 0 Å². The van der Waals surface area contributed by atoms with Crippen LogP contribution in [0, 0.1) is 12.3 Å². The Morgan fingerprint density at radius 1 is 1.33 bits per heavy atom. The number of benzene rings is 1. The molecule has 1 N–H and O–H groups in total. The monoisotopic (exact) mass is 350 g/mol. The summed E-state index contributed by atoms with van der Waals surface area (Å²) in [5, 5.41) is 3.52. The number of aryl methyl sites for hydroxylation is 1. The highest BCUT2D eigenvalue weighted by Crippen LogP contribution is 2.36. The maximum absolute atomic E-state index is 12.8. The summed E-state index contributed by atoms with van der Waals surface area (Å²) in [5.74, 6) is 0.190. The van der Waals surface area contributed by atoms with Gasteiger partial charge in [-0.1, -0.05) is 15.9 Å². The zero-order valence-electron chi connectivity index (χ0n) is 12.6. The van der Waals surface area contributed by atoms with E-state index in [0.29, 0.717) is 5.41 Å². The van der Waals surface area contributed by atoms with Crippen LogP contribution in [0.15, 0.2) is 22.7 Å². The number of piperidine rings is 2. The molecule has 114 valence electrons. The topological polar surface area (TPSA) is 32.3 Å². The molecule has 0 radical (unpaired) electrons. The third-order valence-electron chi connectivity index (χ3n) is 4.91. The Hall–Kier alpha value is -0.870. The van der Waals surface area contributed by atoms with Crippen LogP contribution in [0.3, 0.4) is 0 Å². The second kappa shape index (κ2) is 6.09. The Labute approximate surface area is 135 Å². The Morgan fingerprint density at radius 3 is 2.86 bits per heavy atom. The van der Waals surface area contributed by atoms with Gasteiger partial charge in [-0.3, -0.25) is 4.79 Å². The van der Waals surface area contributed by atoms with E-state index in [4.69, 9.17) is 0 Å². The standard InChI is InChI=1S/C17H23BrN2O/c1-13-10-14(4-5-15(13)18)16(21)20-9-3-7-17(12-20)6-2-8-19-11-17/h4-5,10,19H,2-3,6-9,11-12H2,1H3. The van der Waals surface area contributed by atoms with E-state index in [-0.39, 0.29) is 5.91 Å². The first-order chi connectivity index (χ1) is 10.1. The largest absolute Gasteiger partial charge is 0.338 e. The van der Waals surface area contributed by atoms with Crippen LogP contribution >= 0.6 is 15.9 Å². The van der Waals surface area contributed by atoms with Crippen molar-refractivity contribution >= 4 is 21.8 Å². The number of carbonyl (C=O) groups excluding carboxylic acids is 1. The smallest absolute Gasteiger partial charge is 0.253 e. The molecule has 2 fully saturated rings. The summed E-state index contributed by atoms with van der Waals surface area (Å²) in [6, 6.07) is 5.90. The van der Waals surface area contributed by atoms with Crippen LogP contribution in [0.5, 0.6) is 0 Å². The minimum Gasteiger partial charge on any atom is -0.338 e.